The number of likely N-dealkylation sites (tertiary alicyclic amines) is 1. The zero-order valence-electron chi connectivity index (χ0n) is 10.7. The molecule has 0 unspecified atom stereocenters. The molecule has 2 aromatic carbocycles. The van der Waals surface area contributed by atoms with Crippen LogP contribution < -0.4 is 0 Å². The predicted octanol–water partition coefficient (Wildman–Crippen LogP) is 2.81. The quantitative estimate of drug-likeness (QED) is 0.828. The third-order valence-corrected chi connectivity index (χ3v) is 3.75. The second-order valence-corrected chi connectivity index (χ2v) is 5.13. The molecule has 1 saturated heterocycles. The van der Waals surface area contributed by atoms with Gasteiger partial charge in [-0.05, 0) is 16.3 Å². The summed E-state index contributed by atoms with van der Waals surface area (Å²) in [6.07, 6.45) is 0.403. The average Bonchev–Trinajstić information content (AvgIpc) is 2.38. The molecular weight excluding hydrogens is 241 g/mol. The predicted molar refractivity (Wildman–Crippen MR) is 73.7 cm³/mol. The van der Waals surface area contributed by atoms with Gasteiger partial charge >= 0.3 is 0 Å². The molecule has 2 nitrogen and oxygen atoms in total. The van der Waals surface area contributed by atoms with Crippen molar-refractivity contribution in [1.29, 1.82) is 0 Å². The second kappa shape index (κ2) is 5.00. The van der Waals surface area contributed by atoms with Gasteiger partial charge in [0.05, 0.1) is 13.1 Å². The highest BCUT2D eigenvalue weighted by Crippen LogP contribution is 2.22. The minimum Gasteiger partial charge on any atom is -0.342 e. The lowest BCUT2D eigenvalue weighted by Gasteiger charge is -2.37. The smallest absolute Gasteiger partial charge is 0.227 e. The van der Waals surface area contributed by atoms with E-state index in [4.69, 9.17) is 0 Å². The number of benzene rings is 2. The summed E-state index contributed by atoms with van der Waals surface area (Å²) in [6.45, 7) is 0.818. The molecule has 1 aliphatic heterocycles. The second-order valence-electron chi connectivity index (χ2n) is 5.13. The van der Waals surface area contributed by atoms with E-state index < -0.39 is 0 Å². The van der Waals surface area contributed by atoms with E-state index in [9.17, 15) is 9.18 Å². The highest BCUT2D eigenvalue weighted by molar-refractivity contribution is 5.90. The number of nitrogens with zero attached hydrogens (tertiary/aromatic N) is 1. The summed E-state index contributed by atoms with van der Waals surface area (Å²) >= 11 is 0. The monoisotopic (exact) mass is 257 g/mol. The van der Waals surface area contributed by atoms with Crippen molar-refractivity contribution in [3.63, 3.8) is 0 Å². The van der Waals surface area contributed by atoms with Crippen LogP contribution in [0.1, 0.15) is 5.56 Å². The molecule has 2 aromatic rings. The van der Waals surface area contributed by atoms with Crippen molar-refractivity contribution in [2.45, 2.75) is 6.42 Å². The van der Waals surface area contributed by atoms with Crippen LogP contribution in [0.5, 0.6) is 0 Å². The van der Waals surface area contributed by atoms with Crippen molar-refractivity contribution in [2.75, 3.05) is 19.8 Å². The van der Waals surface area contributed by atoms with Crippen molar-refractivity contribution < 1.29 is 9.18 Å². The molecule has 0 radical (unpaired) electrons. The first kappa shape index (κ1) is 12.2. The van der Waals surface area contributed by atoms with Gasteiger partial charge in [-0.15, -0.1) is 0 Å². The molecule has 0 spiro atoms. The summed E-state index contributed by atoms with van der Waals surface area (Å²) in [7, 11) is 0. The number of alkyl halides is 1. The fourth-order valence-corrected chi connectivity index (χ4v) is 2.59. The van der Waals surface area contributed by atoms with Crippen LogP contribution in [-0.4, -0.2) is 30.6 Å². The van der Waals surface area contributed by atoms with Gasteiger partial charge in [-0.1, -0.05) is 42.5 Å². The molecule has 19 heavy (non-hydrogen) atoms. The molecule has 98 valence electrons. The fraction of sp³-hybridized carbons (Fsp3) is 0.312. The standard InChI is InChI=1S/C16H16FNO/c17-9-12-10-18(11-12)16(19)8-14-6-3-5-13-4-1-2-7-15(13)14/h1-7,12H,8-11H2. The zero-order chi connectivity index (χ0) is 13.2. The summed E-state index contributed by atoms with van der Waals surface area (Å²) in [5.41, 5.74) is 1.05. The van der Waals surface area contributed by atoms with Crippen LogP contribution in [0.2, 0.25) is 0 Å². The number of amides is 1. The maximum absolute atomic E-state index is 12.4. The first-order valence-electron chi connectivity index (χ1n) is 6.58. The molecular formula is C16H16FNO. The Morgan fingerprint density at radius 1 is 1.16 bits per heavy atom. The van der Waals surface area contributed by atoms with Gasteiger partial charge < -0.3 is 4.90 Å². The number of carbonyl (C=O) groups excluding carboxylic acids is 1. The van der Waals surface area contributed by atoms with Crippen LogP contribution in [0.25, 0.3) is 10.8 Å². The minimum absolute atomic E-state index is 0.0523. The van der Waals surface area contributed by atoms with E-state index >= 15 is 0 Å². The number of rotatable bonds is 3. The van der Waals surface area contributed by atoms with E-state index in [2.05, 4.69) is 0 Å². The number of halogens is 1. The Morgan fingerprint density at radius 3 is 2.68 bits per heavy atom. The lowest BCUT2D eigenvalue weighted by molar-refractivity contribution is -0.137. The van der Waals surface area contributed by atoms with Gasteiger partial charge in [-0.25, -0.2) is 0 Å². The molecule has 3 heteroatoms. The lowest BCUT2D eigenvalue weighted by atomic mass is 9.98. The summed E-state index contributed by atoms with van der Waals surface area (Å²) in [4.78, 5) is 13.8. The van der Waals surface area contributed by atoms with Gasteiger partial charge in [0.15, 0.2) is 0 Å². The first-order chi connectivity index (χ1) is 9.28. The Morgan fingerprint density at radius 2 is 1.89 bits per heavy atom. The lowest BCUT2D eigenvalue weighted by Crippen LogP contribution is -2.51. The largest absolute Gasteiger partial charge is 0.342 e. The van der Waals surface area contributed by atoms with Crippen LogP contribution in [0.3, 0.4) is 0 Å². The Kier molecular flexibility index (Phi) is 3.20. The topological polar surface area (TPSA) is 20.3 Å². The van der Waals surface area contributed by atoms with Gasteiger partial charge in [0.2, 0.25) is 5.91 Å². The summed E-state index contributed by atoms with van der Waals surface area (Å²) in [5, 5.41) is 2.28. The van der Waals surface area contributed by atoms with Gasteiger partial charge in [-0.3, -0.25) is 9.18 Å². The fourth-order valence-electron chi connectivity index (χ4n) is 2.59. The van der Waals surface area contributed by atoms with Gasteiger partial charge in [0.1, 0.15) is 0 Å². The molecule has 0 N–H and O–H groups in total. The summed E-state index contributed by atoms with van der Waals surface area (Å²) < 4.78 is 12.4. The first-order valence-corrected chi connectivity index (χ1v) is 6.58. The normalized spacial score (nSPS) is 15.5. The van der Waals surface area contributed by atoms with Crippen LogP contribution in [0.4, 0.5) is 4.39 Å². The van der Waals surface area contributed by atoms with Crippen LogP contribution in [0, 0.1) is 5.92 Å². The highest BCUT2D eigenvalue weighted by atomic mass is 19.1. The highest BCUT2D eigenvalue weighted by Gasteiger charge is 2.30. The van der Waals surface area contributed by atoms with Crippen molar-refractivity contribution in [3.05, 3.63) is 48.0 Å². The van der Waals surface area contributed by atoms with E-state index in [-0.39, 0.29) is 18.5 Å². The SMILES string of the molecule is O=C(Cc1cccc2ccccc12)N1CC(CF)C1. The third-order valence-electron chi connectivity index (χ3n) is 3.75. The van der Waals surface area contributed by atoms with Crippen LogP contribution in [-0.2, 0) is 11.2 Å². The maximum Gasteiger partial charge on any atom is 0.227 e. The Balaban J connectivity index is 1.77. The van der Waals surface area contributed by atoms with Gasteiger partial charge in [0, 0.05) is 19.0 Å². The molecule has 1 heterocycles. The zero-order valence-corrected chi connectivity index (χ0v) is 10.7. The van der Waals surface area contributed by atoms with Crippen LogP contribution in [0.15, 0.2) is 42.5 Å². The number of hydrogen-bond donors (Lipinski definition) is 0. The van der Waals surface area contributed by atoms with E-state index in [1.54, 1.807) is 4.90 Å². The molecule has 0 aliphatic carbocycles. The third kappa shape index (κ3) is 2.33. The average molecular weight is 257 g/mol. The Labute approximate surface area is 111 Å². The van der Waals surface area contributed by atoms with Crippen molar-refractivity contribution in [3.8, 4) is 0 Å². The Hall–Kier alpha value is -1.90. The Bertz CT molecular complexity index is 599. The van der Waals surface area contributed by atoms with Gasteiger partial charge in [-0.2, -0.15) is 0 Å². The molecule has 1 amide bonds. The summed E-state index contributed by atoms with van der Waals surface area (Å²) in [5.74, 6) is 0.150. The molecule has 1 aliphatic rings. The van der Waals surface area contributed by atoms with E-state index in [0.29, 0.717) is 19.5 Å². The van der Waals surface area contributed by atoms with E-state index in [1.165, 1.54) is 0 Å². The molecule has 3 rings (SSSR count). The van der Waals surface area contributed by atoms with Crippen molar-refractivity contribution >= 4 is 16.7 Å². The molecule has 0 bridgehead atoms. The number of hydrogen-bond acceptors (Lipinski definition) is 1. The number of carbonyl (C=O) groups is 1. The van der Waals surface area contributed by atoms with Crippen LogP contribution >= 0.6 is 0 Å². The summed E-state index contributed by atoms with van der Waals surface area (Å²) in [6, 6.07) is 14.1. The maximum atomic E-state index is 12.4. The van der Waals surface area contributed by atoms with Gasteiger partial charge in [0.25, 0.3) is 0 Å². The molecule has 0 aromatic heterocycles. The molecule has 1 fully saturated rings. The van der Waals surface area contributed by atoms with E-state index in [0.717, 1.165) is 16.3 Å². The van der Waals surface area contributed by atoms with E-state index in [1.807, 2.05) is 42.5 Å². The molecule has 0 atom stereocenters. The minimum atomic E-state index is -0.321. The van der Waals surface area contributed by atoms with Crippen molar-refractivity contribution in [1.82, 2.24) is 4.90 Å². The van der Waals surface area contributed by atoms with Crippen molar-refractivity contribution in [2.24, 2.45) is 5.92 Å². The molecule has 0 saturated carbocycles. The number of fused-ring (bicyclic) bond motifs is 1.